The van der Waals surface area contributed by atoms with Gasteiger partial charge in [0.25, 0.3) is 5.91 Å². The van der Waals surface area contributed by atoms with Crippen LogP contribution >= 0.6 is 0 Å². The Kier molecular flexibility index (Phi) is 6.78. The first-order valence-electron chi connectivity index (χ1n) is 12.5. The van der Waals surface area contributed by atoms with E-state index in [1.54, 1.807) is 19.4 Å². The number of amides is 1. The van der Waals surface area contributed by atoms with Gasteiger partial charge in [-0.2, -0.15) is 0 Å². The van der Waals surface area contributed by atoms with Crippen LogP contribution in [0.5, 0.6) is 5.88 Å². The number of aromatic nitrogens is 2. The molecule has 2 heterocycles. The monoisotopic (exact) mass is 489 g/mol. The molecule has 3 aromatic carbocycles. The summed E-state index contributed by atoms with van der Waals surface area (Å²) in [5, 5.41) is 4.19. The minimum Gasteiger partial charge on any atom is -0.481 e. The molecule has 0 aliphatic rings. The fourth-order valence-electron chi connectivity index (χ4n) is 4.74. The zero-order valence-corrected chi connectivity index (χ0v) is 21.7. The topological polar surface area (TPSA) is 56.1 Å². The largest absolute Gasteiger partial charge is 0.481 e. The molecular formula is C32H31N3O2. The third kappa shape index (κ3) is 4.98. The molecule has 2 aromatic heterocycles. The maximum Gasteiger partial charge on any atom is 0.251 e. The van der Waals surface area contributed by atoms with Gasteiger partial charge in [-0.1, -0.05) is 60.7 Å². The van der Waals surface area contributed by atoms with Crippen LogP contribution in [-0.4, -0.2) is 22.6 Å². The lowest BCUT2D eigenvalue weighted by Gasteiger charge is -2.15. The lowest BCUT2D eigenvalue weighted by molar-refractivity contribution is 0.0940. The number of pyridine rings is 1. The van der Waals surface area contributed by atoms with Crippen LogP contribution in [0.1, 0.15) is 45.7 Å². The lowest BCUT2D eigenvalue weighted by Crippen LogP contribution is -2.26. The van der Waals surface area contributed by atoms with Crippen LogP contribution in [0.15, 0.2) is 91.1 Å². The second kappa shape index (κ2) is 10.3. The van der Waals surface area contributed by atoms with Gasteiger partial charge in [-0.15, -0.1) is 0 Å². The Morgan fingerprint density at radius 3 is 2.35 bits per heavy atom. The molecule has 0 saturated heterocycles. The number of nitrogens with zero attached hydrogens (tertiary/aromatic N) is 2. The molecule has 5 nitrogen and oxygen atoms in total. The number of carbonyl (C=O) groups excluding carboxylic acids is 1. The van der Waals surface area contributed by atoms with Gasteiger partial charge < -0.3 is 14.6 Å². The van der Waals surface area contributed by atoms with Gasteiger partial charge >= 0.3 is 0 Å². The highest BCUT2D eigenvalue weighted by molar-refractivity contribution is 5.99. The Morgan fingerprint density at radius 2 is 1.68 bits per heavy atom. The molecule has 5 aromatic rings. The molecule has 0 aliphatic heterocycles. The second-order valence-corrected chi connectivity index (χ2v) is 9.42. The molecule has 1 atom stereocenters. The van der Waals surface area contributed by atoms with E-state index in [0.717, 1.165) is 23.0 Å². The quantitative estimate of drug-likeness (QED) is 0.271. The van der Waals surface area contributed by atoms with E-state index in [1.165, 1.54) is 27.9 Å². The molecule has 0 fully saturated rings. The highest BCUT2D eigenvalue weighted by Gasteiger charge is 2.16. The number of aryl methyl sites for hydroxylation is 1. The summed E-state index contributed by atoms with van der Waals surface area (Å²) in [5.41, 5.74) is 8.77. The number of hydrogen-bond acceptors (Lipinski definition) is 3. The summed E-state index contributed by atoms with van der Waals surface area (Å²) in [6.45, 7) is 7.00. The molecule has 1 N–H and O–H groups in total. The van der Waals surface area contributed by atoms with Gasteiger partial charge in [0, 0.05) is 41.0 Å². The van der Waals surface area contributed by atoms with Crippen LogP contribution < -0.4 is 10.1 Å². The van der Waals surface area contributed by atoms with Gasteiger partial charge in [-0.05, 0) is 66.8 Å². The van der Waals surface area contributed by atoms with Gasteiger partial charge in [0.05, 0.1) is 13.2 Å². The van der Waals surface area contributed by atoms with Crippen molar-refractivity contribution in [1.82, 2.24) is 14.9 Å². The summed E-state index contributed by atoms with van der Waals surface area (Å²) in [4.78, 5) is 17.3. The predicted octanol–water partition coefficient (Wildman–Crippen LogP) is 6.87. The SMILES string of the molecule is COc1ccc([C@H](C)NC(=O)c2ccc3c(c2)c(C)c(C)n3Cc2ccc(-c3ccccc3)cc2)cn1. The lowest BCUT2D eigenvalue weighted by atomic mass is 10.0. The highest BCUT2D eigenvalue weighted by Crippen LogP contribution is 2.28. The molecule has 0 bridgehead atoms. The number of nitrogens with one attached hydrogen (secondary N) is 1. The predicted molar refractivity (Wildman–Crippen MR) is 149 cm³/mol. The Morgan fingerprint density at radius 1 is 0.946 bits per heavy atom. The molecule has 0 aliphatic carbocycles. The Balaban J connectivity index is 1.36. The van der Waals surface area contributed by atoms with E-state index in [4.69, 9.17) is 4.74 Å². The summed E-state index contributed by atoms with van der Waals surface area (Å²) in [6.07, 6.45) is 1.73. The fraction of sp³-hybridized carbons (Fsp3) is 0.188. The average Bonchev–Trinajstić information content (AvgIpc) is 3.18. The van der Waals surface area contributed by atoms with Crippen molar-refractivity contribution in [1.29, 1.82) is 0 Å². The van der Waals surface area contributed by atoms with Crippen molar-refractivity contribution < 1.29 is 9.53 Å². The van der Waals surface area contributed by atoms with Gasteiger partial charge in [-0.3, -0.25) is 4.79 Å². The minimum absolute atomic E-state index is 0.105. The molecule has 0 saturated carbocycles. The van der Waals surface area contributed by atoms with E-state index in [-0.39, 0.29) is 11.9 Å². The van der Waals surface area contributed by atoms with Crippen LogP contribution in [0.4, 0.5) is 0 Å². The fourth-order valence-corrected chi connectivity index (χ4v) is 4.74. The first-order chi connectivity index (χ1) is 17.9. The molecule has 0 unspecified atom stereocenters. The molecule has 186 valence electrons. The van der Waals surface area contributed by atoms with Gasteiger partial charge in [0.15, 0.2) is 0 Å². The van der Waals surface area contributed by atoms with Gasteiger partial charge in [-0.25, -0.2) is 4.98 Å². The van der Waals surface area contributed by atoms with Crippen molar-refractivity contribution in [3.63, 3.8) is 0 Å². The van der Waals surface area contributed by atoms with E-state index < -0.39 is 0 Å². The molecule has 5 heteroatoms. The molecule has 0 spiro atoms. The maximum atomic E-state index is 13.1. The van der Waals surface area contributed by atoms with Crippen LogP contribution in [0, 0.1) is 13.8 Å². The number of carbonyl (C=O) groups is 1. The summed E-state index contributed by atoms with van der Waals surface area (Å²) in [6, 6.07) is 28.7. The molecule has 37 heavy (non-hydrogen) atoms. The van der Waals surface area contributed by atoms with Crippen LogP contribution in [0.2, 0.25) is 0 Å². The molecule has 0 radical (unpaired) electrons. The summed E-state index contributed by atoms with van der Waals surface area (Å²) >= 11 is 0. The van der Waals surface area contributed by atoms with Crippen LogP contribution in [0.25, 0.3) is 22.0 Å². The van der Waals surface area contributed by atoms with Crippen molar-refractivity contribution in [3.8, 4) is 17.0 Å². The Bertz CT molecular complexity index is 1540. The molecule has 5 rings (SSSR count). The Labute approximate surface area is 217 Å². The second-order valence-electron chi connectivity index (χ2n) is 9.42. The van der Waals surface area contributed by atoms with E-state index >= 15 is 0 Å². The average molecular weight is 490 g/mol. The smallest absolute Gasteiger partial charge is 0.251 e. The summed E-state index contributed by atoms with van der Waals surface area (Å²) in [7, 11) is 1.59. The number of methoxy groups -OCH3 is 1. The third-order valence-electron chi connectivity index (χ3n) is 7.12. The van der Waals surface area contributed by atoms with E-state index in [1.807, 2.05) is 31.2 Å². The van der Waals surface area contributed by atoms with Gasteiger partial charge in [0.2, 0.25) is 5.88 Å². The number of ether oxygens (including phenoxy) is 1. The number of fused-ring (bicyclic) bond motifs is 1. The standard InChI is InChI=1S/C32H31N3O2/c1-21-23(3)35(20-24-10-12-26(13-11-24)25-8-6-5-7-9-25)30-16-14-27(18-29(21)30)32(36)34-22(2)28-15-17-31(37-4)33-19-28/h5-19,22H,20H2,1-4H3,(H,34,36)/t22-/m0/s1. The minimum atomic E-state index is -0.173. The van der Waals surface area contributed by atoms with E-state index in [9.17, 15) is 4.79 Å². The van der Waals surface area contributed by atoms with Crippen molar-refractivity contribution in [2.75, 3.05) is 7.11 Å². The third-order valence-corrected chi connectivity index (χ3v) is 7.12. The van der Waals surface area contributed by atoms with E-state index in [0.29, 0.717) is 11.4 Å². The zero-order chi connectivity index (χ0) is 25.9. The highest BCUT2D eigenvalue weighted by atomic mass is 16.5. The maximum absolute atomic E-state index is 13.1. The summed E-state index contributed by atoms with van der Waals surface area (Å²) < 4.78 is 7.45. The van der Waals surface area contributed by atoms with E-state index in [2.05, 4.69) is 83.3 Å². The van der Waals surface area contributed by atoms with Gasteiger partial charge in [0.1, 0.15) is 0 Å². The number of rotatable bonds is 7. The van der Waals surface area contributed by atoms with Crippen molar-refractivity contribution >= 4 is 16.8 Å². The summed E-state index contributed by atoms with van der Waals surface area (Å²) in [5.74, 6) is 0.446. The normalized spacial score (nSPS) is 11.9. The number of benzene rings is 3. The number of hydrogen-bond donors (Lipinski definition) is 1. The van der Waals surface area contributed by atoms with Crippen molar-refractivity contribution in [2.45, 2.75) is 33.4 Å². The van der Waals surface area contributed by atoms with Crippen LogP contribution in [0.3, 0.4) is 0 Å². The Hall–Kier alpha value is -4.38. The molecule has 1 amide bonds. The zero-order valence-electron chi connectivity index (χ0n) is 21.7. The first-order valence-corrected chi connectivity index (χ1v) is 12.5. The first kappa shape index (κ1) is 24.3. The van der Waals surface area contributed by atoms with Crippen molar-refractivity contribution in [3.05, 3.63) is 119 Å². The van der Waals surface area contributed by atoms with Crippen LogP contribution in [-0.2, 0) is 6.54 Å². The molecular weight excluding hydrogens is 458 g/mol. The van der Waals surface area contributed by atoms with Crippen molar-refractivity contribution in [2.24, 2.45) is 0 Å².